The Kier molecular flexibility index (Phi) is 2.63. The van der Waals surface area contributed by atoms with Gasteiger partial charge in [-0.15, -0.1) is 5.10 Å². The maximum atomic E-state index is 10.7. The molecule has 0 aliphatic carbocycles. The van der Waals surface area contributed by atoms with E-state index in [0.717, 1.165) is 0 Å². The van der Waals surface area contributed by atoms with Gasteiger partial charge in [-0.25, -0.2) is 0 Å². The number of carbonyl (C=O) groups is 1. The van der Waals surface area contributed by atoms with Crippen molar-refractivity contribution in [1.29, 1.82) is 0 Å². The second kappa shape index (κ2) is 4.09. The predicted molar refractivity (Wildman–Crippen MR) is 55.6 cm³/mol. The lowest BCUT2D eigenvalue weighted by Gasteiger charge is -2.04. The van der Waals surface area contributed by atoms with Crippen LogP contribution >= 0.6 is 0 Å². The molecule has 6 heteroatoms. The van der Waals surface area contributed by atoms with Crippen molar-refractivity contribution in [2.24, 2.45) is 0 Å². The number of tetrazole rings is 1. The summed E-state index contributed by atoms with van der Waals surface area (Å²) in [6.07, 6.45) is 1.28. The van der Waals surface area contributed by atoms with Gasteiger partial charge in [-0.3, -0.25) is 4.79 Å². The quantitative estimate of drug-likeness (QED) is 0.768. The van der Waals surface area contributed by atoms with Crippen molar-refractivity contribution in [3.05, 3.63) is 29.6 Å². The highest BCUT2D eigenvalue weighted by molar-refractivity contribution is 5.80. The maximum absolute atomic E-state index is 10.7. The zero-order valence-corrected chi connectivity index (χ0v) is 8.66. The van der Waals surface area contributed by atoms with Gasteiger partial charge in [0.1, 0.15) is 5.75 Å². The number of aromatic nitrogens is 4. The van der Waals surface area contributed by atoms with E-state index < -0.39 is 0 Å². The van der Waals surface area contributed by atoms with Gasteiger partial charge in [0.15, 0.2) is 12.1 Å². The number of phenols is 1. The van der Waals surface area contributed by atoms with E-state index in [4.69, 9.17) is 0 Å². The Hall–Kier alpha value is -2.24. The van der Waals surface area contributed by atoms with E-state index in [-0.39, 0.29) is 11.3 Å². The van der Waals surface area contributed by atoms with Crippen LogP contribution in [0.2, 0.25) is 0 Å². The first-order valence-electron chi connectivity index (χ1n) is 4.82. The summed E-state index contributed by atoms with van der Waals surface area (Å²) in [5.41, 5.74) is 0.872. The van der Waals surface area contributed by atoms with Crippen LogP contribution in [0.5, 0.6) is 5.75 Å². The lowest BCUT2D eigenvalue weighted by molar-refractivity contribution is 0.112. The monoisotopic (exact) mass is 218 g/mol. The van der Waals surface area contributed by atoms with Gasteiger partial charge in [0.2, 0.25) is 0 Å². The zero-order valence-electron chi connectivity index (χ0n) is 8.66. The van der Waals surface area contributed by atoms with Crippen molar-refractivity contribution in [2.75, 3.05) is 0 Å². The number of hydrogen-bond donors (Lipinski definition) is 1. The largest absolute Gasteiger partial charge is 0.507 e. The summed E-state index contributed by atoms with van der Waals surface area (Å²) in [5, 5.41) is 20.6. The number of phenolic OH excluding ortho intramolecular Hbond substituents is 1. The minimum Gasteiger partial charge on any atom is -0.507 e. The third-order valence-electron chi connectivity index (χ3n) is 2.23. The van der Waals surface area contributed by atoms with E-state index in [1.54, 1.807) is 6.07 Å². The molecule has 0 aliphatic rings. The van der Waals surface area contributed by atoms with Crippen LogP contribution in [0, 0.1) is 0 Å². The molecular formula is C10H10N4O2. The minimum absolute atomic E-state index is 0.0510. The summed E-state index contributed by atoms with van der Waals surface area (Å²) in [5.74, 6) is 0.646. The molecule has 0 amide bonds. The number of aryl methyl sites for hydroxylation is 1. The number of carbonyl (C=O) groups excluding carboxylic acids is 1. The van der Waals surface area contributed by atoms with Crippen LogP contribution in [0.15, 0.2) is 18.2 Å². The van der Waals surface area contributed by atoms with Gasteiger partial charge in [-0.05, 0) is 28.6 Å². The molecule has 82 valence electrons. The van der Waals surface area contributed by atoms with Gasteiger partial charge < -0.3 is 5.11 Å². The molecule has 0 unspecified atom stereocenters. The molecule has 6 nitrogen and oxygen atoms in total. The van der Waals surface area contributed by atoms with Crippen molar-refractivity contribution in [2.45, 2.75) is 13.3 Å². The average molecular weight is 218 g/mol. The van der Waals surface area contributed by atoms with Crippen LogP contribution < -0.4 is 0 Å². The highest BCUT2D eigenvalue weighted by Crippen LogP contribution is 2.19. The predicted octanol–water partition coefficient (Wildman–Crippen LogP) is 0.743. The van der Waals surface area contributed by atoms with Gasteiger partial charge in [-0.1, -0.05) is 6.92 Å². The molecule has 0 saturated heterocycles. The van der Waals surface area contributed by atoms with Crippen LogP contribution in [0.25, 0.3) is 5.69 Å². The molecule has 1 aromatic heterocycles. The third kappa shape index (κ3) is 1.65. The van der Waals surface area contributed by atoms with Gasteiger partial charge in [-0.2, -0.15) is 4.68 Å². The summed E-state index contributed by atoms with van der Waals surface area (Å²) in [7, 11) is 0. The number of aldehydes is 1. The number of nitrogens with zero attached hydrogens (tertiary/aromatic N) is 4. The van der Waals surface area contributed by atoms with Crippen molar-refractivity contribution in [3.63, 3.8) is 0 Å². The molecule has 0 saturated carbocycles. The standard InChI is InChI=1S/C10H10N4O2/c1-2-10-11-12-13-14(10)8-3-4-9(16)7(5-8)6-15/h3-6,16H,2H2,1H3. The first kappa shape index (κ1) is 10.3. The van der Waals surface area contributed by atoms with Crippen molar-refractivity contribution >= 4 is 6.29 Å². The summed E-state index contributed by atoms with van der Waals surface area (Å²) in [4.78, 5) is 10.7. The second-order valence-electron chi connectivity index (χ2n) is 3.22. The fourth-order valence-electron chi connectivity index (χ4n) is 1.39. The van der Waals surface area contributed by atoms with E-state index in [9.17, 15) is 9.90 Å². The van der Waals surface area contributed by atoms with Gasteiger partial charge in [0.25, 0.3) is 0 Å². The van der Waals surface area contributed by atoms with Crippen LogP contribution in [0.1, 0.15) is 23.1 Å². The molecule has 0 bridgehead atoms. The van der Waals surface area contributed by atoms with Gasteiger partial charge >= 0.3 is 0 Å². The second-order valence-corrected chi connectivity index (χ2v) is 3.22. The Morgan fingerprint density at radius 3 is 3.00 bits per heavy atom. The average Bonchev–Trinajstić information content (AvgIpc) is 2.78. The lowest BCUT2D eigenvalue weighted by atomic mass is 10.2. The fraction of sp³-hybridized carbons (Fsp3) is 0.200. The lowest BCUT2D eigenvalue weighted by Crippen LogP contribution is -2.02. The molecule has 0 fully saturated rings. The first-order valence-corrected chi connectivity index (χ1v) is 4.82. The molecule has 1 N–H and O–H groups in total. The summed E-state index contributed by atoms with van der Waals surface area (Å²) < 4.78 is 1.53. The van der Waals surface area contributed by atoms with Gasteiger partial charge in [0, 0.05) is 6.42 Å². The highest BCUT2D eigenvalue weighted by Gasteiger charge is 2.08. The minimum atomic E-state index is -0.0510. The zero-order chi connectivity index (χ0) is 11.5. The smallest absolute Gasteiger partial charge is 0.156 e. The van der Waals surface area contributed by atoms with E-state index >= 15 is 0 Å². The SMILES string of the molecule is CCc1nnnn1-c1ccc(O)c(C=O)c1. The molecular weight excluding hydrogens is 208 g/mol. The number of hydrogen-bond acceptors (Lipinski definition) is 5. The van der Waals surface area contributed by atoms with E-state index in [2.05, 4.69) is 15.5 Å². The highest BCUT2D eigenvalue weighted by atomic mass is 16.3. The van der Waals surface area contributed by atoms with Crippen molar-refractivity contribution < 1.29 is 9.90 Å². The van der Waals surface area contributed by atoms with E-state index in [0.29, 0.717) is 24.2 Å². The van der Waals surface area contributed by atoms with Crippen LogP contribution in [0.3, 0.4) is 0 Å². The summed E-state index contributed by atoms with van der Waals surface area (Å²) >= 11 is 0. The molecule has 2 rings (SSSR count). The molecule has 1 aromatic carbocycles. The molecule has 0 radical (unpaired) electrons. The van der Waals surface area contributed by atoms with Crippen molar-refractivity contribution in [1.82, 2.24) is 20.2 Å². The third-order valence-corrected chi connectivity index (χ3v) is 2.23. The van der Waals surface area contributed by atoms with Crippen LogP contribution in [-0.4, -0.2) is 31.6 Å². The molecule has 0 atom stereocenters. The normalized spacial score (nSPS) is 10.3. The molecule has 1 heterocycles. The van der Waals surface area contributed by atoms with Gasteiger partial charge in [0.05, 0.1) is 11.3 Å². The summed E-state index contributed by atoms with van der Waals surface area (Å²) in [6.45, 7) is 1.93. The Labute approximate surface area is 91.5 Å². The van der Waals surface area contributed by atoms with E-state index in [1.807, 2.05) is 6.92 Å². The van der Waals surface area contributed by atoms with E-state index in [1.165, 1.54) is 16.8 Å². The molecule has 2 aromatic rings. The topological polar surface area (TPSA) is 80.9 Å². The van der Waals surface area contributed by atoms with Crippen molar-refractivity contribution in [3.8, 4) is 11.4 Å². The number of rotatable bonds is 3. The number of aromatic hydroxyl groups is 1. The Balaban J connectivity index is 2.52. The Bertz CT molecular complexity index is 521. The Morgan fingerprint density at radius 2 is 2.31 bits per heavy atom. The Morgan fingerprint density at radius 1 is 1.50 bits per heavy atom. The van der Waals surface area contributed by atoms with Crippen LogP contribution in [-0.2, 0) is 6.42 Å². The molecule has 16 heavy (non-hydrogen) atoms. The molecule has 0 aliphatic heterocycles. The first-order chi connectivity index (χ1) is 7.76. The summed E-state index contributed by atoms with van der Waals surface area (Å²) in [6, 6.07) is 4.63. The number of benzene rings is 1. The molecule has 0 spiro atoms. The maximum Gasteiger partial charge on any atom is 0.156 e. The fourth-order valence-corrected chi connectivity index (χ4v) is 1.39. The van der Waals surface area contributed by atoms with Crippen LogP contribution in [0.4, 0.5) is 0 Å².